The fraction of sp³-hybridized carbons (Fsp3) is 0.625. The predicted molar refractivity (Wildman–Crippen MR) is 87.7 cm³/mol. The van der Waals surface area contributed by atoms with Crippen LogP contribution in [0.1, 0.15) is 25.5 Å². The highest BCUT2D eigenvalue weighted by Crippen LogP contribution is 2.32. The van der Waals surface area contributed by atoms with Gasteiger partial charge in [0.2, 0.25) is 10.0 Å². The highest BCUT2D eigenvalue weighted by atomic mass is 32.2. The van der Waals surface area contributed by atoms with Crippen LogP contribution in [0.5, 0.6) is 0 Å². The summed E-state index contributed by atoms with van der Waals surface area (Å²) in [6.07, 6.45) is 2.98. The van der Waals surface area contributed by atoms with Gasteiger partial charge in [0.05, 0.1) is 13.2 Å². The molecule has 0 atom stereocenters. The van der Waals surface area contributed by atoms with Crippen molar-refractivity contribution in [2.24, 2.45) is 0 Å². The van der Waals surface area contributed by atoms with Gasteiger partial charge in [-0.05, 0) is 31.9 Å². The van der Waals surface area contributed by atoms with Crippen LogP contribution in [0.4, 0.5) is 0 Å². The summed E-state index contributed by atoms with van der Waals surface area (Å²) >= 11 is 0. The van der Waals surface area contributed by atoms with E-state index in [9.17, 15) is 8.42 Å². The highest BCUT2D eigenvalue weighted by Gasteiger charge is 2.40. The second kappa shape index (κ2) is 6.76. The summed E-state index contributed by atoms with van der Waals surface area (Å²) in [5.74, 6) is 0. The van der Waals surface area contributed by atoms with Crippen molar-refractivity contribution < 1.29 is 13.2 Å². The number of rotatable bonds is 3. The molecule has 130 valence electrons. The van der Waals surface area contributed by atoms with Crippen molar-refractivity contribution in [2.75, 3.05) is 39.4 Å². The maximum absolute atomic E-state index is 12.9. The summed E-state index contributed by atoms with van der Waals surface area (Å²) in [6, 6.07) is 4.88. The number of sulfonamides is 1. The first-order chi connectivity index (χ1) is 11.5. The van der Waals surface area contributed by atoms with E-state index in [1.54, 1.807) is 6.07 Å². The molecule has 8 heteroatoms. The number of morpholine rings is 1. The minimum absolute atomic E-state index is 0.00229. The van der Waals surface area contributed by atoms with Crippen LogP contribution in [-0.4, -0.2) is 67.5 Å². The molecule has 0 radical (unpaired) electrons. The molecule has 2 fully saturated rings. The van der Waals surface area contributed by atoms with Crippen LogP contribution in [0.2, 0.25) is 0 Å². The van der Waals surface area contributed by atoms with Gasteiger partial charge in [0.25, 0.3) is 0 Å². The molecule has 7 nitrogen and oxygen atoms in total. The SMILES string of the molecule is CC1(N2CCOCC2)CCN(S(=O)(=O)c2cccnc2C#N)CC1. The van der Waals surface area contributed by atoms with Crippen molar-refractivity contribution in [2.45, 2.75) is 30.2 Å². The van der Waals surface area contributed by atoms with Gasteiger partial charge in [-0.3, -0.25) is 4.90 Å². The number of hydrogen-bond donors (Lipinski definition) is 0. The topological polar surface area (TPSA) is 86.5 Å². The van der Waals surface area contributed by atoms with Crippen molar-refractivity contribution in [3.63, 3.8) is 0 Å². The third-order valence-corrected chi connectivity index (χ3v) is 7.00. The van der Waals surface area contributed by atoms with Crippen LogP contribution in [0.15, 0.2) is 23.2 Å². The van der Waals surface area contributed by atoms with E-state index >= 15 is 0 Å². The number of nitriles is 1. The second-order valence-electron chi connectivity index (χ2n) is 6.46. The third-order valence-electron chi connectivity index (χ3n) is 5.07. The number of piperidine rings is 1. The van der Waals surface area contributed by atoms with Gasteiger partial charge in [-0.2, -0.15) is 9.57 Å². The van der Waals surface area contributed by atoms with E-state index in [-0.39, 0.29) is 16.1 Å². The quantitative estimate of drug-likeness (QED) is 0.802. The average Bonchev–Trinajstić information content (AvgIpc) is 2.63. The molecule has 0 saturated carbocycles. The van der Waals surface area contributed by atoms with Crippen LogP contribution in [0.3, 0.4) is 0 Å². The number of hydrogen-bond acceptors (Lipinski definition) is 6. The monoisotopic (exact) mass is 350 g/mol. The van der Waals surface area contributed by atoms with Crippen molar-refractivity contribution >= 4 is 10.0 Å². The second-order valence-corrected chi connectivity index (χ2v) is 8.37. The fourth-order valence-electron chi connectivity index (χ4n) is 3.45. The minimum atomic E-state index is -3.68. The summed E-state index contributed by atoms with van der Waals surface area (Å²) in [5, 5.41) is 9.12. The molecule has 3 rings (SSSR count). The van der Waals surface area contributed by atoms with Gasteiger partial charge in [0, 0.05) is 37.9 Å². The van der Waals surface area contributed by atoms with Gasteiger partial charge < -0.3 is 4.74 Å². The summed E-state index contributed by atoms with van der Waals surface area (Å²) < 4.78 is 32.6. The van der Waals surface area contributed by atoms with Crippen molar-refractivity contribution in [1.82, 2.24) is 14.2 Å². The number of nitrogens with zero attached hydrogens (tertiary/aromatic N) is 4. The van der Waals surface area contributed by atoms with Crippen LogP contribution < -0.4 is 0 Å². The number of pyridine rings is 1. The van der Waals surface area contributed by atoms with Crippen LogP contribution in [0.25, 0.3) is 0 Å². The Bertz CT molecular complexity index is 730. The average molecular weight is 350 g/mol. The lowest BCUT2D eigenvalue weighted by Gasteiger charge is -2.47. The number of ether oxygens (including phenoxy) is 1. The van der Waals surface area contributed by atoms with Crippen molar-refractivity contribution in [3.05, 3.63) is 24.0 Å². The maximum atomic E-state index is 12.9. The van der Waals surface area contributed by atoms with E-state index in [0.29, 0.717) is 13.1 Å². The summed E-state index contributed by atoms with van der Waals surface area (Å²) in [4.78, 5) is 6.28. The van der Waals surface area contributed by atoms with Gasteiger partial charge in [0.15, 0.2) is 5.69 Å². The Balaban J connectivity index is 1.75. The van der Waals surface area contributed by atoms with Crippen LogP contribution in [0, 0.1) is 11.3 Å². The number of aromatic nitrogens is 1. The first kappa shape index (κ1) is 17.3. The van der Waals surface area contributed by atoms with E-state index in [1.165, 1.54) is 16.6 Å². The molecule has 0 unspecified atom stereocenters. The lowest BCUT2D eigenvalue weighted by molar-refractivity contribution is -0.0328. The normalized spacial score (nSPS) is 22.8. The summed E-state index contributed by atoms with van der Waals surface area (Å²) in [6.45, 7) is 6.37. The highest BCUT2D eigenvalue weighted by molar-refractivity contribution is 7.89. The Labute approximate surface area is 142 Å². The lowest BCUT2D eigenvalue weighted by atomic mass is 9.88. The summed E-state index contributed by atoms with van der Waals surface area (Å²) in [5.41, 5.74) is -0.0398. The fourth-order valence-corrected chi connectivity index (χ4v) is 4.98. The Morgan fingerprint density at radius 2 is 1.92 bits per heavy atom. The van der Waals surface area contributed by atoms with Crippen LogP contribution in [-0.2, 0) is 14.8 Å². The van der Waals surface area contributed by atoms with E-state index < -0.39 is 10.0 Å². The van der Waals surface area contributed by atoms with E-state index in [4.69, 9.17) is 10.00 Å². The standard InChI is InChI=1S/C16H22N4O3S/c1-16(19-9-11-23-12-10-19)4-7-20(8-5-16)24(21,22)15-3-2-6-18-14(15)13-17/h2-3,6H,4-5,7-12H2,1H3. The minimum Gasteiger partial charge on any atom is -0.379 e. The lowest BCUT2D eigenvalue weighted by Crippen LogP contribution is -2.57. The smallest absolute Gasteiger partial charge is 0.245 e. The molecular formula is C16H22N4O3S. The van der Waals surface area contributed by atoms with Gasteiger partial charge >= 0.3 is 0 Å². The van der Waals surface area contributed by atoms with Crippen molar-refractivity contribution in [3.8, 4) is 6.07 Å². The first-order valence-corrected chi connectivity index (χ1v) is 9.59. The maximum Gasteiger partial charge on any atom is 0.245 e. The molecule has 2 aliphatic rings. The van der Waals surface area contributed by atoms with E-state index in [1.807, 2.05) is 6.07 Å². The molecule has 0 bridgehead atoms. The molecule has 0 amide bonds. The zero-order chi connectivity index (χ0) is 17.2. The molecule has 0 aliphatic carbocycles. The van der Waals surface area contributed by atoms with E-state index in [0.717, 1.165) is 39.1 Å². The Morgan fingerprint density at radius 3 is 2.54 bits per heavy atom. The summed E-state index contributed by atoms with van der Waals surface area (Å²) in [7, 11) is -3.68. The Hall–Kier alpha value is -1.53. The van der Waals surface area contributed by atoms with Crippen LogP contribution >= 0.6 is 0 Å². The predicted octanol–water partition coefficient (Wildman–Crippen LogP) is 0.829. The molecule has 0 aromatic carbocycles. The first-order valence-electron chi connectivity index (χ1n) is 8.15. The van der Waals surface area contributed by atoms with Crippen molar-refractivity contribution in [1.29, 1.82) is 5.26 Å². The molecule has 3 heterocycles. The molecule has 0 spiro atoms. The Morgan fingerprint density at radius 1 is 1.25 bits per heavy atom. The van der Waals surface area contributed by atoms with Gasteiger partial charge in [-0.1, -0.05) is 0 Å². The largest absolute Gasteiger partial charge is 0.379 e. The Kier molecular flexibility index (Phi) is 4.88. The van der Waals surface area contributed by atoms with Gasteiger partial charge in [0.1, 0.15) is 11.0 Å². The molecular weight excluding hydrogens is 328 g/mol. The molecule has 2 aliphatic heterocycles. The molecule has 2 saturated heterocycles. The molecule has 1 aromatic rings. The zero-order valence-corrected chi connectivity index (χ0v) is 14.6. The molecule has 24 heavy (non-hydrogen) atoms. The van der Waals surface area contributed by atoms with Gasteiger partial charge in [-0.15, -0.1) is 0 Å². The third kappa shape index (κ3) is 3.17. The van der Waals surface area contributed by atoms with E-state index in [2.05, 4.69) is 16.8 Å². The zero-order valence-electron chi connectivity index (χ0n) is 13.8. The molecule has 0 N–H and O–H groups in total. The molecule has 1 aromatic heterocycles. The van der Waals surface area contributed by atoms with Gasteiger partial charge in [-0.25, -0.2) is 13.4 Å².